The van der Waals surface area contributed by atoms with Crippen LogP contribution in [0.4, 0.5) is 11.4 Å². The van der Waals surface area contributed by atoms with E-state index in [2.05, 4.69) is 41.7 Å². The Labute approximate surface area is 110 Å². The monoisotopic (exact) mass is 251 g/mol. The standard InChI is InChI=1S/C16H10ClN/c17-11-7-8-14-13(9-11)12-5-1-3-10-4-2-6-15(18-14)16(10)12/h1-9,18H. The lowest BCUT2D eigenvalue weighted by molar-refractivity contribution is 1.53. The Morgan fingerprint density at radius 1 is 0.778 bits per heavy atom. The molecule has 0 bridgehead atoms. The van der Waals surface area contributed by atoms with Gasteiger partial charge in [-0.15, -0.1) is 0 Å². The highest BCUT2D eigenvalue weighted by Gasteiger charge is 2.17. The summed E-state index contributed by atoms with van der Waals surface area (Å²) < 4.78 is 0. The van der Waals surface area contributed by atoms with Gasteiger partial charge in [0.1, 0.15) is 0 Å². The molecule has 0 unspecified atom stereocenters. The maximum atomic E-state index is 6.11. The highest BCUT2D eigenvalue weighted by molar-refractivity contribution is 6.31. The third-order valence-corrected chi connectivity index (χ3v) is 3.68. The summed E-state index contributed by atoms with van der Waals surface area (Å²) in [6.45, 7) is 0. The highest BCUT2D eigenvalue weighted by Crippen LogP contribution is 2.44. The molecule has 4 rings (SSSR count). The molecule has 3 aromatic carbocycles. The van der Waals surface area contributed by atoms with Gasteiger partial charge in [-0.3, -0.25) is 0 Å². The molecule has 0 fully saturated rings. The first-order valence-electron chi connectivity index (χ1n) is 5.92. The van der Waals surface area contributed by atoms with Gasteiger partial charge in [-0.05, 0) is 35.2 Å². The van der Waals surface area contributed by atoms with E-state index in [1.165, 1.54) is 21.9 Å². The second kappa shape index (κ2) is 3.50. The van der Waals surface area contributed by atoms with Gasteiger partial charge in [0.25, 0.3) is 0 Å². The third kappa shape index (κ3) is 1.28. The second-order valence-corrected chi connectivity index (χ2v) is 4.96. The molecule has 0 saturated carbocycles. The zero-order valence-electron chi connectivity index (χ0n) is 9.57. The number of rotatable bonds is 0. The van der Waals surface area contributed by atoms with Crippen LogP contribution in [0.3, 0.4) is 0 Å². The molecule has 1 aliphatic rings. The van der Waals surface area contributed by atoms with E-state index >= 15 is 0 Å². The van der Waals surface area contributed by atoms with Crippen LogP contribution in [-0.2, 0) is 0 Å². The van der Waals surface area contributed by atoms with Crippen molar-refractivity contribution in [3.05, 3.63) is 59.6 Å². The van der Waals surface area contributed by atoms with E-state index in [-0.39, 0.29) is 0 Å². The Kier molecular flexibility index (Phi) is 1.94. The molecule has 1 nitrogen and oxygen atoms in total. The van der Waals surface area contributed by atoms with Crippen molar-refractivity contribution < 1.29 is 0 Å². The van der Waals surface area contributed by atoms with Gasteiger partial charge in [-0.1, -0.05) is 41.9 Å². The fraction of sp³-hybridized carbons (Fsp3) is 0. The molecule has 0 saturated heterocycles. The first-order valence-corrected chi connectivity index (χ1v) is 6.29. The molecule has 2 heteroatoms. The van der Waals surface area contributed by atoms with Gasteiger partial charge in [0.05, 0.1) is 0 Å². The van der Waals surface area contributed by atoms with Gasteiger partial charge in [-0.25, -0.2) is 0 Å². The second-order valence-electron chi connectivity index (χ2n) is 4.52. The minimum absolute atomic E-state index is 0.770. The van der Waals surface area contributed by atoms with E-state index in [4.69, 9.17) is 11.6 Å². The zero-order valence-corrected chi connectivity index (χ0v) is 10.3. The quantitative estimate of drug-likeness (QED) is 0.452. The molecule has 86 valence electrons. The van der Waals surface area contributed by atoms with Crippen LogP contribution in [0.25, 0.3) is 21.9 Å². The van der Waals surface area contributed by atoms with Crippen LogP contribution in [0.5, 0.6) is 0 Å². The Balaban J connectivity index is 2.18. The molecular formula is C16H10ClN. The van der Waals surface area contributed by atoms with E-state index in [1.54, 1.807) is 0 Å². The summed E-state index contributed by atoms with van der Waals surface area (Å²) in [5.74, 6) is 0. The summed E-state index contributed by atoms with van der Waals surface area (Å²) in [6.07, 6.45) is 0. The lowest BCUT2D eigenvalue weighted by atomic mass is 9.93. The molecule has 3 aromatic rings. The number of nitrogens with one attached hydrogen (secondary N) is 1. The summed E-state index contributed by atoms with van der Waals surface area (Å²) in [7, 11) is 0. The predicted octanol–water partition coefficient (Wildman–Crippen LogP) is 5.22. The molecule has 1 aliphatic heterocycles. The van der Waals surface area contributed by atoms with E-state index in [1.807, 2.05) is 18.2 Å². The Morgan fingerprint density at radius 2 is 1.61 bits per heavy atom. The number of benzene rings is 3. The number of hydrogen-bond donors (Lipinski definition) is 1. The molecule has 18 heavy (non-hydrogen) atoms. The van der Waals surface area contributed by atoms with Crippen LogP contribution in [0.1, 0.15) is 0 Å². The highest BCUT2D eigenvalue weighted by atomic mass is 35.5. The van der Waals surface area contributed by atoms with Gasteiger partial charge in [0.2, 0.25) is 0 Å². The molecular weight excluding hydrogens is 242 g/mol. The van der Waals surface area contributed by atoms with Crippen LogP contribution in [0, 0.1) is 0 Å². The fourth-order valence-electron chi connectivity index (χ4n) is 2.66. The summed E-state index contributed by atoms with van der Waals surface area (Å²) in [4.78, 5) is 0. The van der Waals surface area contributed by atoms with Crippen LogP contribution in [-0.4, -0.2) is 0 Å². The first kappa shape index (κ1) is 9.98. The predicted molar refractivity (Wildman–Crippen MR) is 77.7 cm³/mol. The van der Waals surface area contributed by atoms with Crippen molar-refractivity contribution in [3.8, 4) is 11.1 Å². The normalized spacial score (nSPS) is 12.1. The number of anilines is 2. The largest absolute Gasteiger partial charge is 0.354 e. The smallest absolute Gasteiger partial charge is 0.0470 e. The molecule has 1 heterocycles. The molecule has 0 radical (unpaired) electrons. The van der Waals surface area contributed by atoms with E-state index in [9.17, 15) is 0 Å². The SMILES string of the molecule is Clc1ccc2c(c1)-c1cccc3cccc(c13)N2. The lowest BCUT2D eigenvalue weighted by Crippen LogP contribution is -2.00. The number of halogens is 1. The van der Waals surface area contributed by atoms with Crippen molar-refractivity contribution in [1.29, 1.82) is 0 Å². The minimum Gasteiger partial charge on any atom is -0.354 e. The van der Waals surface area contributed by atoms with E-state index in [0.29, 0.717) is 0 Å². The summed E-state index contributed by atoms with van der Waals surface area (Å²) in [5, 5.41) is 6.77. The van der Waals surface area contributed by atoms with Crippen LogP contribution in [0.15, 0.2) is 54.6 Å². The third-order valence-electron chi connectivity index (χ3n) is 3.45. The van der Waals surface area contributed by atoms with Crippen molar-refractivity contribution >= 4 is 33.7 Å². The van der Waals surface area contributed by atoms with Crippen molar-refractivity contribution in [3.63, 3.8) is 0 Å². The Bertz CT molecular complexity index is 772. The van der Waals surface area contributed by atoms with Crippen LogP contribution < -0.4 is 5.32 Å². The van der Waals surface area contributed by atoms with Crippen molar-refractivity contribution in [2.45, 2.75) is 0 Å². The van der Waals surface area contributed by atoms with Gasteiger partial charge in [-0.2, -0.15) is 0 Å². The summed E-state index contributed by atoms with van der Waals surface area (Å²) in [6, 6.07) is 18.7. The van der Waals surface area contributed by atoms with Crippen LogP contribution >= 0.6 is 11.6 Å². The van der Waals surface area contributed by atoms with Crippen molar-refractivity contribution in [2.24, 2.45) is 0 Å². The van der Waals surface area contributed by atoms with Crippen LogP contribution in [0.2, 0.25) is 5.02 Å². The average molecular weight is 252 g/mol. The molecule has 1 N–H and O–H groups in total. The van der Waals surface area contributed by atoms with E-state index < -0.39 is 0 Å². The van der Waals surface area contributed by atoms with Gasteiger partial charge >= 0.3 is 0 Å². The fourth-order valence-corrected chi connectivity index (χ4v) is 2.84. The maximum Gasteiger partial charge on any atom is 0.0470 e. The zero-order chi connectivity index (χ0) is 12.1. The number of fused-ring (bicyclic) bond motifs is 2. The van der Waals surface area contributed by atoms with Crippen molar-refractivity contribution in [2.75, 3.05) is 5.32 Å². The summed E-state index contributed by atoms with van der Waals surface area (Å²) in [5.41, 5.74) is 4.70. The molecule has 0 aromatic heterocycles. The Morgan fingerprint density at radius 3 is 2.50 bits per heavy atom. The average Bonchev–Trinajstić information content (AvgIpc) is 2.40. The van der Waals surface area contributed by atoms with Gasteiger partial charge in [0, 0.05) is 27.3 Å². The first-order chi connectivity index (χ1) is 8.83. The topological polar surface area (TPSA) is 12.0 Å². The summed E-state index contributed by atoms with van der Waals surface area (Å²) >= 11 is 6.11. The number of hydrogen-bond acceptors (Lipinski definition) is 1. The lowest BCUT2D eigenvalue weighted by Gasteiger charge is -2.22. The minimum atomic E-state index is 0.770. The molecule has 0 spiro atoms. The molecule has 0 aliphatic carbocycles. The Hall–Kier alpha value is -1.99. The van der Waals surface area contributed by atoms with Gasteiger partial charge < -0.3 is 5.32 Å². The van der Waals surface area contributed by atoms with E-state index in [0.717, 1.165) is 16.4 Å². The molecule has 0 amide bonds. The van der Waals surface area contributed by atoms with Gasteiger partial charge in [0.15, 0.2) is 0 Å². The van der Waals surface area contributed by atoms with Crippen molar-refractivity contribution in [1.82, 2.24) is 0 Å². The molecule has 0 atom stereocenters. The maximum absolute atomic E-state index is 6.11.